The fourth-order valence-corrected chi connectivity index (χ4v) is 1.81. The Bertz CT molecular complexity index is 272. The van der Waals surface area contributed by atoms with Gasteiger partial charge in [0.2, 0.25) is 0 Å². The summed E-state index contributed by atoms with van der Waals surface area (Å²) in [5.74, 6) is 0. The molecule has 0 aliphatic carbocycles. The Morgan fingerprint density at radius 2 is 2.31 bits per heavy atom. The summed E-state index contributed by atoms with van der Waals surface area (Å²) in [5.41, 5.74) is 5.42. The summed E-state index contributed by atoms with van der Waals surface area (Å²) >= 11 is 0. The molecule has 0 aromatic rings. The third-order valence-corrected chi connectivity index (χ3v) is 2.48. The number of phosphoric ester groups is 1. The van der Waals surface area contributed by atoms with Gasteiger partial charge in [0.1, 0.15) is 20.2 Å². The molecule has 0 saturated carbocycles. The van der Waals surface area contributed by atoms with E-state index in [1.54, 1.807) is 6.92 Å². The molecule has 1 heterocycles. The van der Waals surface area contributed by atoms with Crippen molar-refractivity contribution >= 4 is 15.7 Å². The molecule has 0 bridgehead atoms. The molecule has 9 heteroatoms. The lowest BCUT2D eigenvalue weighted by Crippen LogP contribution is -2.35. The third-order valence-electron chi connectivity index (χ3n) is 2.02. The minimum atomic E-state index is -5.01. The van der Waals surface area contributed by atoms with Crippen LogP contribution < -0.4 is 15.5 Å². The third kappa shape index (κ3) is 4.92. The largest absolute Gasteiger partial charge is 0.790 e. The first-order valence-electron chi connectivity index (χ1n) is 4.76. The van der Waals surface area contributed by atoms with E-state index in [1.165, 1.54) is 0 Å². The maximum atomic E-state index is 10.3. The minimum absolute atomic E-state index is 0.373. The van der Waals surface area contributed by atoms with Crippen molar-refractivity contribution in [1.29, 1.82) is 0 Å². The van der Waals surface area contributed by atoms with Gasteiger partial charge in [0.05, 0.1) is 20.5 Å². The molecule has 7 nitrogen and oxygen atoms in total. The lowest BCUT2D eigenvalue weighted by molar-refractivity contribution is -0.343. The highest BCUT2D eigenvalue weighted by Gasteiger charge is 2.34. The smallest absolute Gasteiger partial charge is 0.109 e. The molecule has 0 spiro atoms. The maximum Gasteiger partial charge on any atom is 0.109 e. The summed E-state index contributed by atoms with van der Waals surface area (Å²) in [6.45, 7) is 1.21. The average molecular weight is 249 g/mol. The Morgan fingerprint density at radius 3 is 2.81 bits per heavy atom. The molecule has 1 fully saturated rings. The fraction of sp³-hybridized carbons (Fsp3) is 1.00. The normalized spacial score (nSPS) is 32.9. The molecule has 1 aliphatic rings. The first-order chi connectivity index (χ1) is 7.28. The predicted molar refractivity (Wildman–Crippen MR) is 51.1 cm³/mol. The highest BCUT2D eigenvalue weighted by Crippen LogP contribution is 2.29. The summed E-state index contributed by atoms with van der Waals surface area (Å²) in [7, 11) is 0.500. The van der Waals surface area contributed by atoms with Crippen molar-refractivity contribution in [2.45, 2.75) is 37.8 Å². The Balaban J connectivity index is 2.46. The second-order valence-corrected chi connectivity index (χ2v) is 4.72. The molecule has 4 atom stereocenters. The zero-order valence-corrected chi connectivity index (χ0v) is 9.67. The zero-order chi connectivity index (χ0) is 12.3. The number of rotatable bonds is 5. The van der Waals surface area contributed by atoms with E-state index < -0.39 is 38.9 Å². The molecule has 92 valence electrons. The van der Waals surface area contributed by atoms with E-state index in [2.05, 4.69) is 4.52 Å². The van der Waals surface area contributed by atoms with Crippen molar-refractivity contribution in [2.24, 2.45) is 5.73 Å². The second kappa shape index (κ2) is 5.60. The Kier molecular flexibility index (Phi) is 4.94. The summed E-state index contributed by atoms with van der Waals surface area (Å²) in [4.78, 5) is 20.6. The number of nitrogens with two attached hydrogens (primary N) is 1. The molecular weight excluding hydrogens is 236 g/mol. The van der Waals surface area contributed by atoms with Crippen LogP contribution in [0.5, 0.6) is 0 Å². The van der Waals surface area contributed by atoms with E-state index in [0.717, 1.165) is 0 Å². The van der Waals surface area contributed by atoms with Crippen molar-refractivity contribution in [3.8, 4) is 0 Å². The number of phosphoric acid groups is 1. The van der Waals surface area contributed by atoms with Gasteiger partial charge in [-0.05, 0) is 13.3 Å². The SMILES string of the molecule is [B][C@H]1CC(OC(C)N)[C@@H](COP(=O)([O-])[O-])O1. The lowest BCUT2D eigenvalue weighted by Gasteiger charge is -2.31. The molecule has 2 radical (unpaired) electrons. The van der Waals surface area contributed by atoms with Crippen LogP contribution in [0.25, 0.3) is 0 Å². The molecular formula is C7H13BNO6P-2. The highest BCUT2D eigenvalue weighted by molar-refractivity contribution is 7.43. The van der Waals surface area contributed by atoms with Crippen molar-refractivity contribution in [3.05, 3.63) is 0 Å². The average Bonchev–Trinajstić information content (AvgIpc) is 2.40. The van der Waals surface area contributed by atoms with Gasteiger partial charge < -0.3 is 34.1 Å². The molecule has 1 rings (SSSR count). The molecule has 0 aromatic carbocycles. The first-order valence-corrected chi connectivity index (χ1v) is 6.22. The van der Waals surface area contributed by atoms with Crippen LogP contribution in [0.4, 0.5) is 0 Å². The van der Waals surface area contributed by atoms with E-state index in [4.69, 9.17) is 23.1 Å². The summed E-state index contributed by atoms with van der Waals surface area (Å²) in [6.07, 6.45) is -1.33. The molecule has 16 heavy (non-hydrogen) atoms. The first kappa shape index (κ1) is 14.1. The van der Waals surface area contributed by atoms with Crippen LogP contribution in [0, 0.1) is 0 Å². The quantitative estimate of drug-likeness (QED) is 0.334. The maximum absolute atomic E-state index is 10.3. The van der Waals surface area contributed by atoms with Gasteiger partial charge in [-0.2, -0.15) is 0 Å². The second-order valence-electron chi connectivity index (χ2n) is 3.57. The topological polar surface area (TPSA) is 117 Å². The summed E-state index contributed by atoms with van der Waals surface area (Å²) in [6, 6.07) is -0.574. The number of hydrogen-bond donors (Lipinski definition) is 1. The lowest BCUT2D eigenvalue weighted by atomic mass is 9.96. The number of ether oxygens (including phenoxy) is 2. The van der Waals surface area contributed by atoms with Crippen molar-refractivity contribution in [3.63, 3.8) is 0 Å². The van der Waals surface area contributed by atoms with Gasteiger partial charge in [0.25, 0.3) is 0 Å². The predicted octanol–water partition coefficient (Wildman–Crippen LogP) is -2.19. The van der Waals surface area contributed by atoms with Crippen LogP contribution in [-0.4, -0.2) is 38.9 Å². The van der Waals surface area contributed by atoms with E-state index in [-0.39, 0.29) is 0 Å². The Hall–Kier alpha value is 0.0549. The summed E-state index contributed by atoms with van der Waals surface area (Å²) < 4.78 is 24.8. The standard InChI is InChI=1S/C7H15BNO6P/c1-4(9)14-5-2-7(8)15-6(5)3-13-16(10,11)12/h4-7H,2-3,9H2,1H3,(H2,10,11,12)/p-2/t4?,5?,6-,7-/m1/s1. The van der Waals surface area contributed by atoms with Crippen LogP contribution in [0.1, 0.15) is 13.3 Å². The van der Waals surface area contributed by atoms with Gasteiger partial charge in [-0.3, -0.25) is 0 Å². The van der Waals surface area contributed by atoms with Crippen LogP contribution in [-0.2, 0) is 18.6 Å². The van der Waals surface area contributed by atoms with E-state index in [9.17, 15) is 14.4 Å². The van der Waals surface area contributed by atoms with Gasteiger partial charge in [0, 0.05) is 6.00 Å². The van der Waals surface area contributed by atoms with Gasteiger partial charge in [-0.25, -0.2) is 0 Å². The van der Waals surface area contributed by atoms with Crippen LogP contribution >= 0.6 is 7.82 Å². The van der Waals surface area contributed by atoms with Gasteiger partial charge in [0.15, 0.2) is 0 Å². The summed E-state index contributed by atoms with van der Waals surface area (Å²) in [5, 5.41) is 0. The van der Waals surface area contributed by atoms with Gasteiger partial charge in [-0.15, -0.1) is 0 Å². The van der Waals surface area contributed by atoms with Crippen molar-refractivity contribution in [1.82, 2.24) is 0 Å². The zero-order valence-electron chi connectivity index (χ0n) is 8.78. The minimum Gasteiger partial charge on any atom is -0.790 e. The van der Waals surface area contributed by atoms with Crippen LogP contribution in [0.15, 0.2) is 0 Å². The van der Waals surface area contributed by atoms with E-state index in [0.29, 0.717) is 6.42 Å². The molecule has 0 amide bonds. The van der Waals surface area contributed by atoms with Crippen LogP contribution in [0.3, 0.4) is 0 Å². The number of hydrogen-bond acceptors (Lipinski definition) is 7. The van der Waals surface area contributed by atoms with E-state index in [1.807, 2.05) is 0 Å². The fourth-order valence-electron chi connectivity index (χ4n) is 1.48. The Labute approximate surface area is 94.9 Å². The van der Waals surface area contributed by atoms with Gasteiger partial charge in [-0.1, -0.05) is 0 Å². The van der Waals surface area contributed by atoms with Crippen molar-refractivity contribution in [2.75, 3.05) is 6.61 Å². The van der Waals surface area contributed by atoms with Crippen molar-refractivity contribution < 1.29 is 28.3 Å². The molecule has 2 N–H and O–H groups in total. The molecule has 1 saturated heterocycles. The molecule has 0 aromatic heterocycles. The molecule has 2 unspecified atom stereocenters. The van der Waals surface area contributed by atoms with Crippen LogP contribution in [0.2, 0.25) is 0 Å². The monoisotopic (exact) mass is 249 g/mol. The van der Waals surface area contributed by atoms with E-state index >= 15 is 0 Å². The Morgan fingerprint density at radius 1 is 1.69 bits per heavy atom. The van der Waals surface area contributed by atoms with Gasteiger partial charge >= 0.3 is 0 Å². The highest BCUT2D eigenvalue weighted by atomic mass is 31.2. The molecule has 1 aliphatic heterocycles.